The van der Waals surface area contributed by atoms with Gasteiger partial charge in [0.1, 0.15) is 0 Å². The van der Waals surface area contributed by atoms with Crippen molar-refractivity contribution in [2.45, 2.75) is 25.6 Å². The maximum absolute atomic E-state index is 12.7. The predicted molar refractivity (Wildman–Crippen MR) is 72.0 cm³/mol. The number of alkyl halides is 3. The van der Waals surface area contributed by atoms with E-state index in [2.05, 4.69) is 4.98 Å². The average molecular weight is 304 g/mol. The zero-order valence-electron chi connectivity index (χ0n) is 10.7. The summed E-state index contributed by atoms with van der Waals surface area (Å²) in [5.74, 6) is -0.455. The fourth-order valence-electron chi connectivity index (χ4n) is 2.68. The first-order valence-electron chi connectivity index (χ1n) is 6.47. The summed E-state index contributed by atoms with van der Waals surface area (Å²) in [6, 6.07) is 0. The lowest BCUT2D eigenvalue weighted by Crippen LogP contribution is -2.39. The Labute approximate surface area is 118 Å². The summed E-state index contributed by atoms with van der Waals surface area (Å²) in [5.41, 5.74) is 6.63. The van der Waals surface area contributed by atoms with Crippen LogP contribution < -0.4 is 10.6 Å². The molecule has 1 aliphatic rings. The van der Waals surface area contributed by atoms with Crippen molar-refractivity contribution < 1.29 is 13.2 Å². The molecule has 0 radical (unpaired) electrons. The lowest BCUT2D eigenvalue weighted by Gasteiger charge is -2.33. The fourth-order valence-corrected chi connectivity index (χ4v) is 3.41. The average Bonchev–Trinajstić information content (AvgIpc) is 2.97. The Bertz CT molecular complexity index is 595. The van der Waals surface area contributed by atoms with E-state index in [0.717, 1.165) is 16.5 Å². The van der Waals surface area contributed by atoms with Crippen molar-refractivity contribution in [1.29, 1.82) is 0 Å². The number of rotatable bonds is 2. The Kier molecular flexibility index (Phi) is 3.37. The highest BCUT2D eigenvalue weighted by atomic mass is 32.1. The minimum atomic E-state index is -4.09. The first kappa shape index (κ1) is 13.7. The topological polar surface area (TPSA) is 46.6 Å². The van der Waals surface area contributed by atoms with Crippen LogP contribution in [0.1, 0.15) is 18.5 Å². The Morgan fingerprint density at radius 2 is 2.05 bits per heavy atom. The van der Waals surface area contributed by atoms with Gasteiger partial charge in [0, 0.05) is 31.2 Å². The van der Waals surface area contributed by atoms with Gasteiger partial charge in [-0.2, -0.15) is 13.2 Å². The maximum Gasteiger partial charge on any atom is 0.391 e. The lowest BCUT2D eigenvalue weighted by molar-refractivity contribution is -0.179. The monoisotopic (exact) mass is 304 g/mol. The van der Waals surface area contributed by atoms with Gasteiger partial charge in [-0.25, -0.2) is 4.98 Å². The number of thiazole rings is 1. The Hall–Kier alpha value is -1.28. The summed E-state index contributed by atoms with van der Waals surface area (Å²) < 4.78 is 39.9. The van der Waals surface area contributed by atoms with E-state index in [4.69, 9.17) is 5.73 Å². The summed E-state index contributed by atoms with van der Waals surface area (Å²) in [4.78, 5) is 7.25. The SMILES string of the molecule is NCc1c(N2CCC(C(F)(F)F)CC2)nc2sccn12. The molecule has 2 aromatic heterocycles. The second-order valence-corrected chi connectivity index (χ2v) is 5.82. The van der Waals surface area contributed by atoms with E-state index < -0.39 is 12.1 Å². The van der Waals surface area contributed by atoms with Crippen LogP contribution in [-0.2, 0) is 6.54 Å². The van der Waals surface area contributed by atoms with Crippen LogP contribution >= 0.6 is 11.3 Å². The van der Waals surface area contributed by atoms with Crippen LogP contribution in [0.2, 0.25) is 0 Å². The minimum Gasteiger partial charge on any atom is -0.355 e. The van der Waals surface area contributed by atoms with Crippen LogP contribution in [0.3, 0.4) is 0 Å². The Morgan fingerprint density at radius 1 is 1.35 bits per heavy atom. The molecule has 8 heteroatoms. The Balaban J connectivity index is 1.81. The number of fused-ring (bicyclic) bond motifs is 1. The van der Waals surface area contributed by atoms with Gasteiger partial charge in [0.2, 0.25) is 0 Å². The van der Waals surface area contributed by atoms with E-state index in [1.807, 2.05) is 20.9 Å². The molecule has 1 aliphatic heterocycles. The molecule has 0 atom stereocenters. The van der Waals surface area contributed by atoms with Crippen molar-refractivity contribution in [2.75, 3.05) is 18.0 Å². The van der Waals surface area contributed by atoms with Crippen molar-refractivity contribution in [3.8, 4) is 0 Å². The first-order chi connectivity index (χ1) is 9.50. The zero-order chi connectivity index (χ0) is 14.3. The molecular weight excluding hydrogens is 289 g/mol. The minimum absolute atomic E-state index is 0.124. The molecule has 110 valence electrons. The molecule has 0 saturated carbocycles. The highest BCUT2D eigenvalue weighted by Crippen LogP contribution is 2.36. The lowest BCUT2D eigenvalue weighted by atomic mass is 9.96. The molecule has 0 aliphatic carbocycles. The molecule has 4 nitrogen and oxygen atoms in total. The molecular formula is C12H15F3N4S. The number of hydrogen-bond acceptors (Lipinski definition) is 4. The van der Waals surface area contributed by atoms with Crippen molar-refractivity contribution in [3.05, 3.63) is 17.3 Å². The second kappa shape index (κ2) is 4.92. The number of imidazole rings is 1. The largest absolute Gasteiger partial charge is 0.391 e. The number of nitrogens with zero attached hydrogens (tertiary/aromatic N) is 3. The molecule has 3 rings (SSSR count). The molecule has 0 aromatic carbocycles. The molecule has 2 N–H and O–H groups in total. The summed E-state index contributed by atoms with van der Waals surface area (Å²) in [7, 11) is 0. The van der Waals surface area contributed by atoms with E-state index in [1.165, 1.54) is 11.3 Å². The summed E-state index contributed by atoms with van der Waals surface area (Å²) in [6.45, 7) is 1.08. The molecule has 1 fully saturated rings. The van der Waals surface area contributed by atoms with Crippen LogP contribution in [0.15, 0.2) is 11.6 Å². The van der Waals surface area contributed by atoms with Crippen LogP contribution in [0.5, 0.6) is 0 Å². The summed E-state index contributed by atoms with van der Waals surface area (Å²) in [6.07, 6.45) is -1.95. The molecule has 0 unspecified atom stereocenters. The third-order valence-corrected chi connectivity index (χ3v) is 4.55. The quantitative estimate of drug-likeness (QED) is 0.928. The van der Waals surface area contributed by atoms with Gasteiger partial charge >= 0.3 is 6.18 Å². The number of hydrogen-bond donors (Lipinski definition) is 1. The summed E-state index contributed by atoms with van der Waals surface area (Å²) in [5, 5.41) is 1.92. The van der Waals surface area contributed by atoms with E-state index in [9.17, 15) is 13.2 Å². The van der Waals surface area contributed by atoms with Crippen LogP contribution in [0.4, 0.5) is 19.0 Å². The van der Waals surface area contributed by atoms with Gasteiger partial charge in [0.25, 0.3) is 0 Å². The number of anilines is 1. The van der Waals surface area contributed by atoms with Gasteiger partial charge in [0.15, 0.2) is 10.8 Å². The van der Waals surface area contributed by atoms with E-state index in [-0.39, 0.29) is 12.8 Å². The van der Waals surface area contributed by atoms with E-state index >= 15 is 0 Å². The number of halogens is 3. The van der Waals surface area contributed by atoms with Crippen molar-refractivity contribution in [2.24, 2.45) is 11.7 Å². The number of aromatic nitrogens is 2. The molecule has 0 amide bonds. The fraction of sp³-hybridized carbons (Fsp3) is 0.583. The van der Waals surface area contributed by atoms with Crippen LogP contribution in [0, 0.1) is 5.92 Å². The predicted octanol–water partition coefficient (Wildman–Crippen LogP) is 2.63. The van der Waals surface area contributed by atoms with Gasteiger partial charge in [-0.3, -0.25) is 4.40 Å². The first-order valence-corrected chi connectivity index (χ1v) is 7.35. The van der Waals surface area contributed by atoms with E-state index in [0.29, 0.717) is 19.6 Å². The van der Waals surface area contributed by atoms with Crippen molar-refractivity contribution >= 4 is 22.1 Å². The molecule has 2 aromatic rings. The standard InChI is InChI=1S/C12H15F3N4S/c13-12(14,15)8-1-3-18(4-2-8)10-9(7-16)19-5-6-20-11(19)17-10/h5-6,8H,1-4,7,16H2. The van der Waals surface area contributed by atoms with Crippen LogP contribution in [0.25, 0.3) is 4.96 Å². The van der Waals surface area contributed by atoms with Gasteiger partial charge in [-0.1, -0.05) is 0 Å². The highest BCUT2D eigenvalue weighted by Gasteiger charge is 2.41. The third-order valence-electron chi connectivity index (χ3n) is 3.79. The molecule has 0 bridgehead atoms. The number of nitrogens with two attached hydrogens (primary N) is 1. The highest BCUT2D eigenvalue weighted by molar-refractivity contribution is 7.15. The Morgan fingerprint density at radius 3 is 2.65 bits per heavy atom. The van der Waals surface area contributed by atoms with Crippen molar-refractivity contribution in [3.63, 3.8) is 0 Å². The van der Waals surface area contributed by atoms with E-state index in [1.54, 1.807) is 0 Å². The molecule has 1 saturated heterocycles. The van der Waals surface area contributed by atoms with Gasteiger partial charge in [-0.05, 0) is 12.8 Å². The molecule has 20 heavy (non-hydrogen) atoms. The zero-order valence-corrected chi connectivity index (χ0v) is 11.5. The molecule has 0 spiro atoms. The number of piperidine rings is 1. The maximum atomic E-state index is 12.7. The smallest absolute Gasteiger partial charge is 0.355 e. The second-order valence-electron chi connectivity index (χ2n) is 4.94. The summed E-state index contributed by atoms with van der Waals surface area (Å²) >= 11 is 1.50. The van der Waals surface area contributed by atoms with Crippen LogP contribution in [-0.4, -0.2) is 28.7 Å². The van der Waals surface area contributed by atoms with Gasteiger partial charge < -0.3 is 10.6 Å². The van der Waals surface area contributed by atoms with Gasteiger partial charge in [0.05, 0.1) is 11.6 Å². The van der Waals surface area contributed by atoms with Gasteiger partial charge in [-0.15, -0.1) is 11.3 Å². The molecule has 3 heterocycles. The normalized spacial score (nSPS) is 18.1. The van der Waals surface area contributed by atoms with Crippen molar-refractivity contribution in [1.82, 2.24) is 9.38 Å². The third kappa shape index (κ3) is 2.26.